The van der Waals surface area contributed by atoms with Crippen LogP contribution in [0, 0.1) is 0 Å². The molecule has 14 heavy (non-hydrogen) atoms. The van der Waals surface area contributed by atoms with E-state index in [1.807, 2.05) is 13.8 Å². The first-order valence-corrected chi connectivity index (χ1v) is 5.25. The highest BCUT2D eigenvalue weighted by Gasteiger charge is 2.22. The van der Waals surface area contributed by atoms with Crippen molar-refractivity contribution >= 4 is 6.29 Å². The molecule has 0 N–H and O–H groups in total. The third-order valence-electron chi connectivity index (χ3n) is 2.23. The van der Waals surface area contributed by atoms with Crippen molar-refractivity contribution in [3.8, 4) is 0 Å². The van der Waals surface area contributed by atoms with Crippen LogP contribution in [0.1, 0.15) is 47.0 Å². The number of allylic oxidation sites excluding steroid dienone is 2. The lowest BCUT2D eigenvalue weighted by Gasteiger charge is -2.27. The predicted octanol–water partition coefficient (Wildman–Crippen LogP) is 3.12. The number of ether oxygens (including phenoxy) is 1. The molecule has 0 bridgehead atoms. The maximum atomic E-state index is 10.5. The SMILES string of the molecule is CCOC(C)(CC=O)CCC=C(C)C. The van der Waals surface area contributed by atoms with Crippen LogP contribution in [0.4, 0.5) is 0 Å². The second-order valence-electron chi connectivity index (χ2n) is 4.07. The van der Waals surface area contributed by atoms with Crippen LogP contribution in [0.2, 0.25) is 0 Å². The summed E-state index contributed by atoms with van der Waals surface area (Å²) in [7, 11) is 0. The summed E-state index contributed by atoms with van der Waals surface area (Å²) in [5, 5.41) is 0. The van der Waals surface area contributed by atoms with Gasteiger partial charge in [-0.2, -0.15) is 0 Å². The Balaban J connectivity index is 4.07. The minimum Gasteiger partial charge on any atom is -0.375 e. The first-order valence-electron chi connectivity index (χ1n) is 5.25. The quantitative estimate of drug-likeness (QED) is 0.464. The summed E-state index contributed by atoms with van der Waals surface area (Å²) < 4.78 is 5.59. The van der Waals surface area contributed by atoms with E-state index in [1.165, 1.54) is 5.57 Å². The van der Waals surface area contributed by atoms with E-state index in [1.54, 1.807) is 0 Å². The van der Waals surface area contributed by atoms with Crippen molar-refractivity contribution < 1.29 is 9.53 Å². The molecule has 0 saturated heterocycles. The molecule has 0 heterocycles. The zero-order valence-corrected chi connectivity index (χ0v) is 9.80. The number of hydrogen-bond donors (Lipinski definition) is 0. The van der Waals surface area contributed by atoms with Gasteiger partial charge in [0, 0.05) is 13.0 Å². The van der Waals surface area contributed by atoms with E-state index in [-0.39, 0.29) is 5.60 Å². The van der Waals surface area contributed by atoms with Crippen LogP contribution in [-0.4, -0.2) is 18.5 Å². The molecule has 2 heteroatoms. The topological polar surface area (TPSA) is 26.3 Å². The molecule has 0 aromatic rings. The molecule has 0 aliphatic heterocycles. The van der Waals surface area contributed by atoms with Gasteiger partial charge in [-0.05, 0) is 40.5 Å². The minimum absolute atomic E-state index is 0.275. The third kappa shape index (κ3) is 5.92. The van der Waals surface area contributed by atoms with E-state index >= 15 is 0 Å². The van der Waals surface area contributed by atoms with Gasteiger partial charge >= 0.3 is 0 Å². The van der Waals surface area contributed by atoms with Gasteiger partial charge in [-0.1, -0.05) is 11.6 Å². The fraction of sp³-hybridized carbons (Fsp3) is 0.750. The van der Waals surface area contributed by atoms with Gasteiger partial charge in [0.1, 0.15) is 6.29 Å². The van der Waals surface area contributed by atoms with Gasteiger partial charge in [-0.25, -0.2) is 0 Å². The summed E-state index contributed by atoms with van der Waals surface area (Å²) in [4.78, 5) is 10.5. The van der Waals surface area contributed by atoms with E-state index in [0.717, 1.165) is 19.1 Å². The van der Waals surface area contributed by atoms with Gasteiger partial charge in [-0.15, -0.1) is 0 Å². The van der Waals surface area contributed by atoms with Crippen LogP contribution in [-0.2, 0) is 9.53 Å². The summed E-state index contributed by atoms with van der Waals surface area (Å²) >= 11 is 0. The van der Waals surface area contributed by atoms with E-state index < -0.39 is 0 Å². The molecule has 0 aromatic carbocycles. The van der Waals surface area contributed by atoms with Gasteiger partial charge in [-0.3, -0.25) is 0 Å². The van der Waals surface area contributed by atoms with Gasteiger partial charge in [0.15, 0.2) is 0 Å². The highest BCUT2D eigenvalue weighted by atomic mass is 16.5. The summed E-state index contributed by atoms with van der Waals surface area (Å²) in [5.41, 5.74) is 1.04. The van der Waals surface area contributed by atoms with E-state index in [0.29, 0.717) is 13.0 Å². The van der Waals surface area contributed by atoms with Crippen LogP contribution in [0.15, 0.2) is 11.6 Å². The van der Waals surface area contributed by atoms with Crippen molar-refractivity contribution in [1.29, 1.82) is 0 Å². The normalized spacial score (nSPS) is 14.6. The average Bonchev–Trinajstić information content (AvgIpc) is 2.03. The summed E-state index contributed by atoms with van der Waals surface area (Å²) in [6, 6.07) is 0. The molecule has 0 aliphatic rings. The molecule has 0 saturated carbocycles. The number of carbonyl (C=O) groups is 1. The molecular weight excluding hydrogens is 176 g/mol. The molecule has 0 radical (unpaired) electrons. The van der Waals surface area contributed by atoms with Gasteiger partial charge in [0.2, 0.25) is 0 Å². The second-order valence-corrected chi connectivity index (χ2v) is 4.07. The Hall–Kier alpha value is -0.630. The zero-order valence-electron chi connectivity index (χ0n) is 9.80. The van der Waals surface area contributed by atoms with Crippen LogP contribution < -0.4 is 0 Å². The maximum Gasteiger partial charge on any atom is 0.122 e. The second kappa shape index (κ2) is 6.77. The zero-order chi connectivity index (χ0) is 11.0. The molecule has 1 atom stereocenters. The van der Waals surface area contributed by atoms with Gasteiger partial charge < -0.3 is 9.53 Å². The molecule has 0 spiro atoms. The van der Waals surface area contributed by atoms with Crippen molar-refractivity contribution in [3.05, 3.63) is 11.6 Å². The molecule has 2 nitrogen and oxygen atoms in total. The first-order chi connectivity index (χ1) is 6.54. The fourth-order valence-electron chi connectivity index (χ4n) is 1.42. The summed E-state index contributed by atoms with van der Waals surface area (Å²) in [6.07, 6.45) is 5.50. The van der Waals surface area contributed by atoms with Gasteiger partial charge in [0.25, 0.3) is 0 Å². The third-order valence-corrected chi connectivity index (χ3v) is 2.23. The van der Waals surface area contributed by atoms with E-state index in [4.69, 9.17) is 4.74 Å². The standard InChI is InChI=1S/C12H22O2/c1-5-14-12(4,9-10-13)8-6-7-11(2)3/h7,10H,5-6,8-9H2,1-4H3. The lowest BCUT2D eigenvalue weighted by molar-refractivity contribution is -0.115. The monoisotopic (exact) mass is 198 g/mol. The Morgan fingerprint density at radius 3 is 2.50 bits per heavy atom. The van der Waals surface area contributed by atoms with Crippen LogP contribution >= 0.6 is 0 Å². The molecular formula is C12H22O2. The Morgan fingerprint density at radius 2 is 2.07 bits per heavy atom. The largest absolute Gasteiger partial charge is 0.375 e. The number of hydrogen-bond acceptors (Lipinski definition) is 2. The Kier molecular flexibility index (Phi) is 6.46. The highest BCUT2D eigenvalue weighted by Crippen LogP contribution is 2.21. The number of rotatable bonds is 7. The molecule has 0 amide bonds. The van der Waals surface area contributed by atoms with Crippen molar-refractivity contribution in [2.45, 2.75) is 52.6 Å². The van der Waals surface area contributed by atoms with E-state index in [9.17, 15) is 4.79 Å². The summed E-state index contributed by atoms with van der Waals surface area (Å²) in [6.45, 7) is 8.79. The van der Waals surface area contributed by atoms with Crippen molar-refractivity contribution in [2.24, 2.45) is 0 Å². The van der Waals surface area contributed by atoms with Gasteiger partial charge in [0.05, 0.1) is 5.60 Å². The Labute approximate surface area is 87.3 Å². The van der Waals surface area contributed by atoms with Crippen LogP contribution in [0.25, 0.3) is 0 Å². The number of carbonyl (C=O) groups excluding carboxylic acids is 1. The predicted molar refractivity (Wildman–Crippen MR) is 59.4 cm³/mol. The first kappa shape index (κ1) is 13.4. The molecule has 0 fully saturated rings. The van der Waals surface area contributed by atoms with E-state index in [2.05, 4.69) is 19.9 Å². The molecule has 0 aliphatic carbocycles. The highest BCUT2D eigenvalue weighted by molar-refractivity contribution is 5.51. The minimum atomic E-state index is -0.275. The molecule has 82 valence electrons. The smallest absolute Gasteiger partial charge is 0.122 e. The van der Waals surface area contributed by atoms with Crippen LogP contribution in [0.5, 0.6) is 0 Å². The Bertz CT molecular complexity index is 192. The molecule has 0 rings (SSSR count). The number of aldehydes is 1. The average molecular weight is 198 g/mol. The fourth-order valence-corrected chi connectivity index (χ4v) is 1.42. The molecule has 1 unspecified atom stereocenters. The Morgan fingerprint density at radius 1 is 1.43 bits per heavy atom. The lowest BCUT2D eigenvalue weighted by atomic mass is 9.96. The lowest BCUT2D eigenvalue weighted by Crippen LogP contribution is -2.29. The van der Waals surface area contributed by atoms with Crippen LogP contribution in [0.3, 0.4) is 0 Å². The van der Waals surface area contributed by atoms with Crippen molar-refractivity contribution in [2.75, 3.05) is 6.61 Å². The van der Waals surface area contributed by atoms with Crippen molar-refractivity contribution in [3.63, 3.8) is 0 Å². The van der Waals surface area contributed by atoms with Crippen molar-refractivity contribution in [1.82, 2.24) is 0 Å². The molecule has 0 aromatic heterocycles. The maximum absolute atomic E-state index is 10.5. The summed E-state index contributed by atoms with van der Waals surface area (Å²) in [5.74, 6) is 0.